The van der Waals surface area contributed by atoms with Gasteiger partial charge >= 0.3 is 5.97 Å². The van der Waals surface area contributed by atoms with E-state index in [2.05, 4.69) is 76.2 Å². The van der Waals surface area contributed by atoms with Crippen LogP contribution >= 0.6 is 0 Å². The molecule has 0 radical (unpaired) electrons. The molecule has 4 aromatic rings. The lowest BCUT2D eigenvalue weighted by Crippen LogP contribution is -2.49. The minimum atomic E-state index is -2.28. The van der Waals surface area contributed by atoms with Crippen molar-refractivity contribution in [2.45, 2.75) is 26.1 Å². The molecule has 0 saturated heterocycles. The molecule has 0 fully saturated rings. The quantitative estimate of drug-likeness (QED) is 0.138. The molecule has 54 heavy (non-hydrogen) atoms. The Morgan fingerprint density at radius 3 is 2.35 bits per heavy atom. The highest BCUT2D eigenvalue weighted by Gasteiger charge is 2.41. The predicted octanol–water partition coefficient (Wildman–Crippen LogP) is 6.00. The molecular formula is C45H43N4O4Si+. The molecule has 0 unspecified atom stereocenters. The zero-order valence-corrected chi connectivity index (χ0v) is 32.4. The maximum Gasteiger partial charge on any atom is 0.336 e. The SMILES string of the molecule is CN(C)c1ccc2c(c1)[Si](C)(C)C1=CC(=[N+](C)C)C=CC1=C2c1cc(C(=O)NCCC(=O)N2Cc3ccccc3C#Cc3ccccc32)ccc1C(=O)O. The van der Waals surface area contributed by atoms with Crippen LogP contribution in [-0.4, -0.2) is 76.0 Å². The highest BCUT2D eigenvalue weighted by atomic mass is 28.3. The van der Waals surface area contributed by atoms with E-state index in [1.54, 1.807) is 17.0 Å². The average molecular weight is 732 g/mol. The topological polar surface area (TPSA) is 93.0 Å². The van der Waals surface area contributed by atoms with Gasteiger partial charge in [0.1, 0.15) is 22.2 Å². The Balaban J connectivity index is 1.22. The summed E-state index contributed by atoms with van der Waals surface area (Å²) in [7, 11) is 5.79. The van der Waals surface area contributed by atoms with Gasteiger partial charge in [-0.05, 0) is 92.8 Å². The van der Waals surface area contributed by atoms with E-state index in [0.717, 1.165) is 50.5 Å². The first-order valence-corrected chi connectivity index (χ1v) is 21.0. The van der Waals surface area contributed by atoms with E-state index in [1.165, 1.54) is 16.4 Å². The van der Waals surface area contributed by atoms with Gasteiger partial charge in [0.2, 0.25) is 5.91 Å². The first kappa shape index (κ1) is 36.1. The second-order valence-corrected chi connectivity index (χ2v) is 19.1. The van der Waals surface area contributed by atoms with E-state index in [1.807, 2.05) is 76.7 Å². The van der Waals surface area contributed by atoms with Crippen molar-refractivity contribution < 1.29 is 24.1 Å². The van der Waals surface area contributed by atoms with Gasteiger partial charge in [0, 0.05) is 61.6 Å². The van der Waals surface area contributed by atoms with Crippen LogP contribution in [-0.2, 0) is 11.3 Å². The Labute approximate surface area is 317 Å². The zero-order valence-electron chi connectivity index (χ0n) is 31.4. The van der Waals surface area contributed by atoms with Crippen LogP contribution in [0.15, 0.2) is 114 Å². The molecule has 2 aliphatic heterocycles. The number of allylic oxidation sites excluding steroid dienone is 5. The number of hydrogen-bond donors (Lipinski definition) is 2. The van der Waals surface area contributed by atoms with Gasteiger partial charge in [-0.3, -0.25) is 9.59 Å². The number of benzene rings is 4. The minimum Gasteiger partial charge on any atom is -0.478 e. The summed E-state index contributed by atoms with van der Waals surface area (Å²) >= 11 is 0. The highest BCUT2D eigenvalue weighted by molar-refractivity contribution is 6.98. The molecule has 7 rings (SSSR count). The van der Waals surface area contributed by atoms with Gasteiger partial charge in [-0.2, -0.15) is 0 Å². The summed E-state index contributed by atoms with van der Waals surface area (Å²) in [5.41, 5.74) is 9.12. The Morgan fingerprint density at radius 1 is 0.889 bits per heavy atom. The average Bonchev–Trinajstić information content (AvgIpc) is 3.15. The number of nitrogens with zero attached hydrogens (tertiary/aromatic N) is 3. The summed E-state index contributed by atoms with van der Waals surface area (Å²) in [5, 5.41) is 15.8. The van der Waals surface area contributed by atoms with E-state index in [0.29, 0.717) is 17.7 Å². The molecule has 9 heteroatoms. The fourth-order valence-electron chi connectivity index (χ4n) is 7.48. The number of anilines is 2. The number of para-hydroxylation sites is 1. The summed E-state index contributed by atoms with van der Waals surface area (Å²) in [5.74, 6) is 4.85. The molecule has 2 amide bonds. The lowest BCUT2D eigenvalue weighted by Gasteiger charge is -2.38. The van der Waals surface area contributed by atoms with Crippen LogP contribution in [0.1, 0.15) is 55.0 Å². The van der Waals surface area contributed by atoms with Crippen LogP contribution in [0.5, 0.6) is 0 Å². The summed E-state index contributed by atoms with van der Waals surface area (Å²) in [6.07, 6.45) is 6.45. The van der Waals surface area contributed by atoms with Crippen LogP contribution in [0.4, 0.5) is 11.4 Å². The van der Waals surface area contributed by atoms with Gasteiger partial charge in [-0.1, -0.05) is 61.3 Å². The number of nitrogens with one attached hydrogen (secondary N) is 1. The first-order chi connectivity index (χ1) is 25.8. The molecular weight excluding hydrogens is 689 g/mol. The number of fused-ring (bicyclic) bond motifs is 4. The van der Waals surface area contributed by atoms with Crippen molar-refractivity contribution in [1.29, 1.82) is 0 Å². The highest BCUT2D eigenvalue weighted by Crippen LogP contribution is 2.43. The molecule has 2 heterocycles. The molecule has 0 bridgehead atoms. The van der Waals surface area contributed by atoms with Crippen LogP contribution in [0.25, 0.3) is 5.57 Å². The Morgan fingerprint density at radius 2 is 1.61 bits per heavy atom. The van der Waals surface area contributed by atoms with Gasteiger partial charge in [0.25, 0.3) is 5.91 Å². The van der Waals surface area contributed by atoms with Crippen molar-refractivity contribution in [3.63, 3.8) is 0 Å². The van der Waals surface area contributed by atoms with Crippen molar-refractivity contribution in [2.24, 2.45) is 0 Å². The van der Waals surface area contributed by atoms with Gasteiger partial charge < -0.3 is 20.2 Å². The molecule has 0 atom stereocenters. The first-order valence-electron chi connectivity index (χ1n) is 18.0. The third-order valence-corrected chi connectivity index (χ3v) is 14.0. The monoisotopic (exact) mass is 731 g/mol. The number of rotatable bonds is 7. The Hall–Kier alpha value is -6.24. The normalized spacial score (nSPS) is 14.9. The van der Waals surface area contributed by atoms with Crippen LogP contribution in [0.2, 0.25) is 13.1 Å². The third-order valence-electron chi connectivity index (χ3n) is 10.5. The van der Waals surface area contributed by atoms with Crippen molar-refractivity contribution >= 4 is 53.7 Å². The molecule has 8 nitrogen and oxygen atoms in total. The number of carbonyl (C=O) groups excluding carboxylic acids is 2. The summed E-state index contributed by atoms with van der Waals surface area (Å²) < 4.78 is 2.08. The molecule has 0 aromatic heterocycles. The summed E-state index contributed by atoms with van der Waals surface area (Å²) in [4.78, 5) is 44.2. The fraction of sp³-hybridized carbons (Fsp3) is 0.200. The van der Waals surface area contributed by atoms with E-state index >= 15 is 0 Å². The van der Waals surface area contributed by atoms with E-state index in [4.69, 9.17) is 0 Å². The van der Waals surface area contributed by atoms with Crippen LogP contribution in [0, 0.1) is 11.8 Å². The Kier molecular flexibility index (Phi) is 9.56. The van der Waals surface area contributed by atoms with Crippen LogP contribution in [0.3, 0.4) is 0 Å². The van der Waals surface area contributed by atoms with Crippen molar-refractivity contribution in [3.8, 4) is 11.8 Å². The smallest absolute Gasteiger partial charge is 0.336 e. The second-order valence-electron chi connectivity index (χ2n) is 14.7. The maximum atomic E-state index is 13.8. The van der Waals surface area contributed by atoms with E-state index < -0.39 is 14.0 Å². The molecule has 2 N–H and O–H groups in total. The van der Waals surface area contributed by atoms with E-state index in [9.17, 15) is 19.5 Å². The van der Waals surface area contributed by atoms with Gasteiger partial charge in [0.05, 0.1) is 17.8 Å². The molecule has 0 saturated carbocycles. The third kappa shape index (κ3) is 6.61. The maximum absolute atomic E-state index is 13.8. The number of amides is 2. The van der Waals surface area contributed by atoms with Crippen LogP contribution < -0.4 is 20.3 Å². The van der Waals surface area contributed by atoms with Crippen molar-refractivity contribution in [3.05, 3.63) is 153 Å². The lowest BCUT2D eigenvalue weighted by molar-refractivity contribution is -0.462. The molecule has 0 spiro atoms. The Bertz CT molecular complexity index is 2450. The summed E-state index contributed by atoms with van der Waals surface area (Å²) in [6, 6.07) is 26.5. The second kappa shape index (κ2) is 14.3. The number of carbonyl (C=O) groups is 3. The van der Waals surface area contributed by atoms with Gasteiger partial charge in [-0.25, -0.2) is 9.37 Å². The number of carboxylic acids is 1. The van der Waals surface area contributed by atoms with E-state index in [-0.39, 0.29) is 30.3 Å². The van der Waals surface area contributed by atoms with Gasteiger partial charge in [-0.15, -0.1) is 0 Å². The number of hydrogen-bond acceptors (Lipinski definition) is 4. The zero-order chi connectivity index (χ0) is 38.3. The summed E-state index contributed by atoms with van der Waals surface area (Å²) in [6.45, 7) is 5.13. The standard InChI is InChI=1S/C45H42N4O4Si/c1-47(2)33-18-21-36-40(26-33)54(5,6)41-27-34(48(3)4)19-22-37(41)43(36)38-25-31(17-20-35(38)45(52)53)44(51)46-24-23-42(50)49-28-32-13-8-7-11-29(32)15-16-30-12-9-10-14-39(30)49/h7-14,17-22,25-27H,23-24,28H2,1-6H3,(H-,46,51,52,53)/p+1. The molecule has 3 aliphatic rings. The number of aromatic carboxylic acids is 1. The van der Waals surface area contributed by atoms with Crippen molar-refractivity contribution in [1.82, 2.24) is 5.32 Å². The fourth-order valence-corrected chi connectivity index (χ4v) is 10.5. The lowest BCUT2D eigenvalue weighted by atomic mass is 9.86. The largest absolute Gasteiger partial charge is 0.478 e. The predicted molar refractivity (Wildman–Crippen MR) is 219 cm³/mol. The van der Waals surface area contributed by atoms with Crippen molar-refractivity contribution in [2.75, 3.05) is 44.5 Å². The molecule has 4 aromatic carbocycles. The number of carboxylic acid groups (broad SMARTS) is 1. The molecule has 1 aliphatic carbocycles. The molecule has 270 valence electrons. The minimum absolute atomic E-state index is 0.0655. The van der Waals surface area contributed by atoms with Gasteiger partial charge in [0.15, 0.2) is 5.71 Å².